The molecule has 0 fully saturated rings. The molecule has 0 spiro atoms. The van der Waals surface area contributed by atoms with Crippen molar-refractivity contribution in [1.29, 1.82) is 0 Å². The molecular weight excluding hydrogens is 204 g/mol. The van der Waals surface area contributed by atoms with Crippen LogP contribution in [0.4, 0.5) is 11.6 Å². The molecule has 0 amide bonds. The number of aromatic nitrogens is 1. The number of nitrogens with one attached hydrogen (secondary N) is 2. The summed E-state index contributed by atoms with van der Waals surface area (Å²) in [4.78, 5) is 4.20. The Kier molecular flexibility index (Phi) is 4.52. The molecule has 90 valence electrons. The van der Waals surface area contributed by atoms with Gasteiger partial charge in [0.15, 0.2) is 0 Å². The van der Waals surface area contributed by atoms with Crippen LogP contribution in [0.1, 0.15) is 26.7 Å². The van der Waals surface area contributed by atoms with E-state index in [2.05, 4.69) is 15.7 Å². The smallest absolute Gasteiger partial charge is 0.142 e. The van der Waals surface area contributed by atoms with Crippen LogP contribution in [0.15, 0.2) is 18.2 Å². The van der Waals surface area contributed by atoms with Gasteiger partial charge in [0.05, 0.1) is 5.60 Å². The Hall–Kier alpha value is -1.33. The van der Waals surface area contributed by atoms with Crippen LogP contribution in [-0.4, -0.2) is 22.2 Å². The van der Waals surface area contributed by atoms with Gasteiger partial charge in [-0.05, 0) is 25.5 Å². The van der Waals surface area contributed by atoms with Crippen molar-refractivity contribution in [3.8, 4) is 0 Å². The number of hydrogen-bond acceptors (Lipinski definition) is 5. The number of aliphatic hydroxyl groups is 1. The highest BCUT2D eigenvalue weighted by atomic mass is 16.3. The predicted molar refractivity (Wildman–Crippen MR) is 66.1 cm³/mol. The topological polar surface area (TPSA) is 83.2 Å². The fourth-order valence-corrected chi connectivity index (χ4v) is 1.52. The monoisotopic (exact) mass is 224 g/mol. The van der Waals surface area contributed by atoms with E-state index in [1.165, 1.54) is 0 Å². The lowest BCUT2D eigenvalue weighted by molar-refractivity contribution is 0.0636. The highest BCUT2D eigenvalue weighted by Crippen LogP contribution is 2.14. The Morgan fingerprint density at radius 1 is 1.44 bits per heavy atom. The molecule has 0 saturated heterocycles. The SMILES string of the molecule is CCCC(C)(O)CNc1cccc(NN)n1. The van der Waals surface area contributed by atoms with Gasteiger partial charge in [0.1, 0.15) is 11.6 Å². The van der Waals surface area contributed by atoms with Gasteiger partial charge in [-0.25, -0.2) is 10.8 Å². The van der Waals surface area contributed by atoms with Crippen molar-refractivity contribution >= 4 is 11.6 Å². The molecule has 16 heavy (non-hydrogen) atoms. The summed E-state index contributed by atoms with van der Waals surface area (Å²) >= 11 is 0. The number of hydrazine groups is 1. The molecule has 1 rings (SSSR count). The highest BCUT2D eigenvalue weighted by molar-refractivity contribution is 5.44. The molecular formula is C11H20N4O. The quantitative estimate of drug-likeness (QED) is 0.433. The Morgan fingerprint density at radius 3 is 2.75 bits per heavy atom. The minimum Gasteiger partial charge on any atom is -0.388 e. The van der Waals surface area contributed by atoms with Gasteiger partial charge in [0.2, 0.25) is 0 Å². The van der Waals surface area contributed by atoms with Gasteiger partial charge in [-0.1, -0.05) is 19.4 Å². The van der Waals surface area contributed by atoms with Crippen molar-refractivity contribution in [3.63, 3.8) is 0 Å². The lowest BCUT2D eigenvalue weighted by atomic mass is 10.0. The third kappa shape index (κ3) is 4.04. The highest BCUT2D eigenvalue weighted by Gasteiger charge is 2.18. The van der Waals surface area contributed by atoms with Gasteiger partial charge in [-0.3, -0.25) is 0 Å². The van der Waals surface area contributed by atoms with E-state index < -0.39 is 5.60 Å². The number of anilines is 2. The zero-order chi connectivity index (χ0) is 12.0. The molecule has 0 aromatic carbocycles. The van der Waals surface area contributed by atoms with Gasteiger partial charge in [0, 0.05) is 6.54 Å². The van der Waals surface area contributed by atoms with Crippen molar-refractivity contribution in [2.75, 3.05) is 17.3 Å². The maximum atomic E-state index is 9.97. The number of pyridine rings is 1. The average molecular weight is 224 g/mol. The first kappa shape index (κ1) is 12.7. The molecule has 5 nitrogen and oxygen atoms in total. The summed E-state index contributed by atoms with van der Waals surface area (Å²) in [5.74, 6) is 6.56. The minimum absolute atomic E-state index is 0.474. The van der Waals surface area contributed by atoms with E-state index in [9.17, 15) is 5.11 Å². The first-order valence-electron chi connectivity index (χ1n) is 5.47. The summed E-state index contributed by atoms with van der Waals surface area (Å²) in [6, 6.07) is 5.46. The summed E-state index contributed by atoms with van der Waals surface area (Å²) in [5, 5.41) is 13.1. The van der Waals surface area contributed by atoms with Crippen LogP contribution in [0.5, 0.6) is 0 Å². The molecule has 1 aromatic heterocycles. The summed E-state index contributed by atoms with van der Waals surface area (Å²) in [6.45, 7) is 4.34. The molecule has 5 heteroatoms. The van der Waals surface area contributed by atoms with E-state index in [1.807, 2.05) is 26.0 Å². The molecule has 0 aliphatic rings. The van der Waals surface area contributed by atoms with Gasteiger partial charge >= 0.3 is 0 Å². The molecule has 1 heterocycles. The third-order valence-electron chi connectivity index (χ3n) is 2.34. The summed E-state index contributed by atoms with van der Waals surface area (Å²) in [6.07, 6.45) is 1.71. The van der Waals surface area contributed by atoms with Crippen molar-refractivity contribution in [2.24, 2.45) is 5.84 Å². The van der Waals surface area contributed by atoms with Crippen LogP contribution >= 0.6 is 0 Å². The second-order valence-electron chi connectivity index (χ2n) is 4.15. The maximum Gasteiger partial charge on any atom is 0.142 e. The Labute approximate surface area is 96.0 Å². The molecule has 5 N–H and O–H groups in total. The molecule has 0 bridgehead atoms. The van der Waals surface area contributed by atoms with Gasteiger partial charge in [-0.2, -0.15) is 0 Å². The first-order valence-corrected chi connectivity index (χ1v) is 5.47. The minimum atomic E-state index is -0.706. The number of hydrogen-bond donors (Lipinski definition) is 4. The third-order valence-corrected chi connectivity index (χ3v) is 2.34. The van der Waals surface area contributed by atoms with Crippen LogP contribution in [0.2, 0.25) is 0 Å². The number of nitrogens with zero attached hydrogens (tertiary/aromatic N) is 1. The lowest BCUT2D eigenvalue weighted by Gasteiger charge is -2.23. The largest absolute Gasteiger partial charge is 0.388 e. The Balaban J connectivity index is 2.53. The molecule has 0 aliphatic carbocycles. The maximum absolute atomic E-state index is 9.97. The van der Waals surface area contributed by atoms with E-state index in [0.29, 0.717) is 18.2 Å². The Bertz CT molecular complexity index is 328. The predicted octanol–water partition coefficient (Wildman–Crippen LogP) is 1.33. The lowest BCUT2D eigenvalue weighted by Crippen LogP contribution is -2.33. The number of nitrogens with two attached hydrogens (primary N) is 1. The summed E-state index contributed by atoms with van der Waals surface area (Å²) in [7, 11) is 0. The average Bonchev–Trinajstić information content (AvgIpc) is 2.27. The van der Waals surface area contributed by atoms with E-state index >= 15 is 0 Å². The van der Waals surface area contributed by atoms with E-state index in [1.54, 1.807) is 6.07 Å². The standard InChI is InChI=1S/C11H20N4O/c1-3-7-11(2,16)8-13-9-5-4-6-10(14-9)15-12/h4-6,16H,3,7-8,12H2,1-2H3,(H2,13,14,15). The van der Waals surface area contributed by atoms with Gasteiger partial charge < -0.3 is 15.8 Å². The zero-order valence-electron chi connectivity index (χ0n) is 9.83. The molecule has 1 atom stereocenters. The molecule has 0 radical (unpaired) electrons. The van der Waals surface area contributed by atoms with Crippen LogP contribution < -0.4 is 16.6 Å². The molecule has 1 unspecified atom stereocenters. The van der Waals surface area contributed by atoms with E-state index in [-0.39, 0.29) is 0 Å². The van der Waals surface area contributed by atoms with Crippen LogP contribution in [0, 0.1) is 0 Å². The van der Waals surface area contributed by atoms with Crippen molar-refractivity contribution < 1.29 is 5.11 Å². The second-order valence-corrected chi connectivity index (χ2v) is 4.15. The Morgan fingerprint density at radius 2 is 2.12 bits per heavy atom. The van der Waals surface area contributed by atoms with E-state index in [0.717, 1.165) is 12.8 Å². The van der Waals surface area contributed by atoms with Gasteiger partial charge in [-0.15, -0.1) is 0 Å². The fourth-order valence-electron chi connectivity index (χ4n) is 1.52. The fraction of sp³-hybridized carbons (Fsp3) is 0.545. The normalized spacial score (nSPS) is 14.2. The first-order chi connectivity index (χ1) is 7.57. The van der Waals surface area contributed by atoms with Crippen LogP contribution in [0.25, 0.3) is 0 Å². The van der Waals surface area contributed by atoms with Crippen molar-refractivity contribution in [1.82, 2.24) is 4.98 Å². The van der Waals surface area contributed by atoms with Gasteiger partial charge in [0.25, 0.3) is 0 Å². The number of nitrogen functional groups attached to an aromatic ring is 1. The van der Waals surface area contributed by atoms with Crippen LogP contribution in [-0.2, 0) is 0 Å². The number of rotatable bonds is 6. The molecule has 0 saturated carbocycles. The zero-order valence-corrected chi connectivity index (χ0v) is 9.83. The molecule has 1 aromatic rings. The van der Waals surface area contributed by atoms with E-state index in [4.69, 9.17) is 5.84 Å². The van der Waals surface area contributed by atoms with Crippen molar-refractivity contribution in [3.05, 3.63) is 18.2 Å². The second kappa shape index (κ2) is 5.67. The molecule has 0 aliphatic heterocycles. The summed E-state index contributed by atoms with van der Waals surface area (Å²) in [5.41, 5.74) is 1.77. The summed E-state index contributed by atoms with van der Waals surface area (Å²) < 4.78 is 0. The van der Waals surface area contributed by atoms with Crippen molar-refractivity contribution in [2.45, 2.75) is 32.3 Å². The van der Waals surface area contributed by atoms with Crippen LogP contribution in [0.3, 0.4) is 0 Å².